The summed E-state index contributed by atoms with van der Waals surface area (Å²) in [6, 6.07) is 3.50. The Morgan fingerprint density at radius 2 is 2.06 bits per heavy atom. The van der Waals surface area contributed by atoms with Gasteiger partial charge in [0.05, 0.1) is 4.90 Å². The van der Waals surface area contributed by atoms with Gasteiger partial charge in [0.1, 0.15) is 5.82 Å². The van der Waals surface area contributed by atoms with Crippen molar-refractivity contribution in [2.45, 2.75) is 24.7 Å². The Hall–Kier alpha value is -1.47. The molecular formula is C11H14FNO4S. The molecule has 0 spiro atoms. The molecule has 0 unspecified atom stereocenters. The van der Waals surface area contributed by atoms with Gasteiger partial charge in [0.25, 0.3) is 0 Å². The summed E-state index contributed by atoms with van der Waals surface area (Å²) in [6.45, 7) is 1.59. The highest BCUT2D eigenvalue weighted by atomic mass is 32.2. The zero-order chi connectivity index (χ0) is 13.8. The summed E-state index contributed by atoms with van der Waals surface area (Å²) in [5.74, 6) is -1.61. The molecule has 0 aromatic heterocycles. The van der Waals surface area contributed by atoms with E-state index < -0.39 is 21.8 Å². The first-order valence-electron chi connectivity index (χ1n) is 5.30. The Bertz CT molecular complexity index is 522. The zero-order valence-electron chi connectivity index (χ0n) is 9.81. The van der Waals surface area contributed by atoms with Gasteiger partial charge in [-0.05, 0) is 37.1 Å². The van der Waals surface area contributed by atoms with Crippen molar-refractivity contribution in [3.05, 3.63) is 29.6 Å². The third-order valence-corrected chi connectivity index (χ3v) is 3.63. The van der Waals surface area contributed by atoms with Gasteiger partial charge in [-0.1, -0.05) is 0 Å². The molecule has 0 bridgehead atoms. The van der Waals surface area contributed by atoms with E-state index in [2.05, 4.69) is 4.72 Å². The molecule has 0 aliphatic heterocycles. The molecule has 0 fully saturated rings. The Labute approximate surface area is 105 Å². The van der Waals surface area contributed by atoms with Crippen molar-refractivity contribution < 1.29 is 22.7 Å². The van der Waals surface area contributed by atoms with Gasteiger partial charge in [-0.25, -0.2) is 17.5 Å². The molecule has 0 heterocycles. The van der Waals surface area contributed by atoms with Crippen LogP contribution in [-0.4, -0.2) is 26.0 Å². The fourth-order valence-corrected chi connectivity index (χ4v) is 2.58. The quantitative estimate of drug-likeness (QED) is 0.766. The van der Waals surface area contributed by atoms with Gasteiger partial charge in [0.15, 0.2) is 0 Å². The molecule has 7 heteroatoms. The monoisotopic (exact) mass is 275 g/mol. The lowest BCUT2D eigenvalue weighted by molar-refractivity contribution is -0.137. The Balaban J connectivity index is 2.71. The lowest BCUT2D eigenvalue weighted by Gasteiger charge is -2.07. The van der Waals surface area contributed by atoms with Crippen LogP contribution in [0.1, 0.15) is 18.4 Å². The van der Waals surface area contributed by atoms with Crippen LogP contribution in [0.25, 0.3) is 0 Å². The topological polar surface area (TPSA) is 83.5 Å². The number of nitrogens with one attached hydrogen (secondary N) is 1. The van der Waals surface area contributed by atoms with Crippen molar-refractivity contribution in [2.24, 2.45) is 0 Å². The molecule has 0 amide bonds. The van der Waals surface area contributed by atoms with Crippen LogP contribution in [0.15, 0.2) is 23.1 Å². The first-order chi connectivity index (χ1) is 8.31. The Morgan fingerprint density at radius 3 is 2.61 bits per heavy atom. The minimum atomic E-state index is -3.79. The van der Waals surface area contributed by atoms with E-state index in [1.807, 2.05) is 0 Å². The second-order valence-electron chi connectivity index (χ2n) is 3.86. The fraction of sp³-hybridized carbons (Fsp3) is 0.364. The number of halogens is 1. The molecule has 0 saturated heterocycles. The van der Waals surface area contributed by atoms with Gasteiger partial charge in [-0.2, -0.15) is 0 Å². The molecule has 0 aliphatic rings. The van der Waals surface area contributed by atoms with Gasteiger partial charge in [-0.3, -0.25) is 4.79 Å². The lowest BCUT2D eigenvalue weighted by atomic mass is 10.2. The van der Waals surface area contributed by atoms with Crippen LogP contribution in [0.4, 0.5) is 4.39 Å². The van der Waals surface area contributed by atoms with E-state index in [0.29, 0.717) is 5.56 Å². The molecule has 1 aromatic carbocycles. The number of rotatable bonds is 6. The van der Waals surface area contributed by atoms with Crippen LogP contribution in [0, 0.1) is 12.7 Å². The number of aliphatic carboxylic acids is 1. The normalized spacial score (nSPS) is 11.4. The fourth-order valence-electron chi connectivity index (χ4n) is 1.39. The Kier molecular flexibility index (Phi) is 4.80. The van der Waals surface area contributed by atoms with Crippen molar-refractivity contribution in [1.29, 1.82) is 0 Å². The second kappa shape index (κ2) is 5.92. The van der Waals surface area contributed by atoms with Crippen molar-refractivity contribution in [1.82, 2.24) is 4.72 Å². The van der Waals surface area contributed by atoms with Crippen LogP contribution in [0.2, 0.25) is 0 Å². The number of hydrogen-bond donors (Lipinski definition) is 2. The third kappa shape index (κ3) is 4.42. The van der Waals surface area contributed by atoms with Crippen LogP contribution in [0.3, 0.4) is 0 Å². The summed E-state index contributed by atoms with van der Waals surface area (Å²) in [5, 5.41) is 8.41. The van der Waals surface area contributed by atoms with Crippen molar-refractivity contribution >= 4 is 16.0 Å². The number of sulfonamides is 1. The van der Waals surface area contributed by atoms with E-state index in [-0.39, 0.29) is 24.3 Å². The van der Waals surface area contributed by atoms with Crippen LogP contribution in [0.5, 0.6) is 0 Å². The molecule has 0 saturated carbocycles. The van der Waals surface area contributed by atoms with Gasteiger partial charge in [0.2, 0.25) is 10.0 Å². The number of carboxylic acids is 1. The summed E-state index contributed by atoms with van der Waals surface area (Å²) < 4.78 is 38.8. The molecule has 18 heavy (non-hydrogen) atoms. The van der Waals surface area contributed by atoms with E-state index in [1.54, 1.807) is 6.92 Å². The minimum absolute atomic E-state index is 0.00416. The van der Waals surface area contributed by atoms with Crippen LogP contribution < -0.4 is 4.72 Å². The minimum Gasteiger partial charge on any atom is -0.481 e. The summed E-state index contributed by atoms with van der Waals surface area (Å²) in [6.07, 6.45) is 0.0631. The van der Waals surface area contributed by atoms with Crippen molar-refractivity contribution in [3.63, 3.8) is 0 Å². The molecule has 100 valence electrons. The summed E-state index contributed by atoms with van der Waals surface area (Å²) in [7, 11) is -3.79. The molecule has 0 atom stereocenters. The van der Waals surface area contributed by atoms with Gasteiger partial charge in [0, 0.05) is 13.0 Å². The van der Waals surface area contributed by atoms with E-state index in [1.165, 1.54) is 12.1 Å². The molecule has 2 N–H and O–H groups in total. The average Bonchev–Trinajstić information content (AvgIpc) is 2.23. The van der Waals surface area contributed by atoms with Crippen LogP contribution in [-0.2, 0) is 14.8 Å². The summed E-state index contributed by atoms with van der Waals surface area (Å²) >= 11 is 0. The molecule has 0 aliphatic carbocycles. The molecule has 1 aromatic rings. The van der Waals surface area contributed by atoms with Gasteiger partial charge >= 0.3 is 5.97 Å². The summed E-state index contributed by atoms with van der Waals surface area (Å²) in [5.41, 5.74) is 0.501. The lowest BCUT2D eigenvalue weighted by Crippen LogP contribution is -2.25. The standard InChI is InChI=1S/C11H14FNO4S/c1-8-5-9(12)7-10(6-8)18(16,17)13-4-2-3-11(14)15/h5-7,13H,2-4H2,1H3,(H,14,15). The van der Waals surface area contributed by atoms with Gasteiger partial charge < -0.3 is 5.11 Å². The number of benzene rings is 1. The maximum Gasteiger partial charge on any atom is 0.303 e. The average molecular weight is 275 g/mol. The predicted molar refractivity (Wildman–Crippen MR) is 63.2 cm³/mol. The van der Waals surface area contributed by atoms with Crippen molar-refractivity contribution in [3.8, 4) is 0 Å². The number of aryl methyl sites for hydroxylation is 1. The maximum absolute atomic E-state index is 13.1. The number of hydrogen-bond acceptors (Lipinski definition) is 3. The smallest absolute Gasteiger partial charge is 0.303 e. The van der Waals surface area contributed by atoms with E-state index in [4.69, 9.17) is 5.11 Å². The predicted octanol–water partition coefficient (Wildman–Crippen LogP) is 1.28. The third-order valence-electron chi connectivity index (χ3n) is 2.19. The first-order valence-corrected chi connectivity index (χ1v) is 6.78. The van der Waals surface area contributed by atoms with E-state index >= 15 is 0 Å². The van der Waals surface area contributed by atoms with E-state index in [9.17, 15) is 17.6 Å². The van der Waals surface area contributed by atoms with Crippen molar-refractivity contribution in [2.75, 3.05) is 6.54 Å². The molecular weight excluding hydrogens is 261 g/mol. The van der Waals surface area contributed by atoms with Gasteiger partial charge in [-0.15, -0.1) is 0 Å². The highest BCUT2D eigenvalue weighted by Crippen LogP contribution is 2.13. The SMILES string of the molecule is Cc1cc(F)cc(S(=O)(=O)NCCCC(=O)O)c1. The van der Waals surface area contributed by atoms with E-state index in [0.717, 1.165) is 6.07 Å². The zero-order valence-corrected chi connectivity index (χ0v) is 10.6. The highest BCUT2D eigenvalue weighted by molar-refractivity contribution is 7.89. The van der Waals surface area contributed by atoms with Crippen LogP contribution >= 0.6 is 0 Å². The largest absolute Gasteiger partial charge is 0.481 e. The molecule has 5 nitrogen and oxygen atoms in total. The first kappa shape index (κ1) is 14.6. The second-order valence-corrected chi connectivity index (χ2v) is 5.63. The highest BCUT2D eigenvalue weighted by Gasteiger charge is 2.14. The molecule has 1 rings (SSSR count). The number of carbonyl (C=O) groups is 1. The maximum atomic E-state index is 13.1. The number of carboxylic acid groups (broad SMARTS) is 1. The Morgan fingerprint density at radius 1 is 1.39 bits per heavy atom. The summed E-state index contributed by atoms with van der Waals surface area (Å²) in [4.78, 5) is 10.1. The molecule has 0 radical (unpaired) electrons.